The van der Waals surface area contributed by atoms with Gasteiger partial charge in [0.25, 0.3) is 0 Å². The first kappa shape index (κ1) is 12.1. The third-order valence-electron chi connectivity index (χ3n) is 1.50. The minimum absolute atomic E-state index is 0.316. The van der Waals surface area contributed by atoms with Crippen molar-refractivity contribution >= 4 is 45.8 Å². The van der Waals surface area contributed by atoms with E-state index in [0.29, 0.717) is 20.0 Å². The minimum Gasteiger partial charge on any atom is -0.459 e. The van der Waals surface area contributed by atoms with Crippen molar-refractivity contribution < 1.29 is 9.53 Å². The molecule has 0 saturated carbocycles. The van der Waals surface area contributed by atoms with Gasteiger partial charge in [-0.1, -0.05) is 17.5 Å². The van der Waals surface area contributed by atoms with Crippen molar-refractivity contribution in [2.24, 2.45) is 0 Å². The maximum Gasteiger partial charge on any atom is 0.384 e. The Balaban J connectivity index is 3.10. The molecule has 0 aliphatic rings. The standard InChI is InChI=1S/C9H6ClIN2O2/c1-15-6(14)3-2-5-4-13-9(10)7(11)8(5)12/h4H,1H3,(H2,12,13). The fraction of sp³-hybridized carbons (Fsp3) is 0.111. The number of methoxy groups -OCH3 is 1. The highest BCUT2D eigenvalue weighted by molar-refractivity contribution is 14.1. The molecule has 6 heteroatoms. The Bertz CT molecular complexity index is 465. The van der Waals surface area contributed by atoms with Gasteiger partial charge < -0.3 is 10.5 Å². The molecule has 1 aromatic heterocycles. The molecule has 1 heterocycles. The van der Waals surface area contributed by atoms with Crippen molar-refractivity contribution in [3.8, 4) is 11.8 Å². The van der Waals surface area contributed by atoms with E-state index in [4.69, 9.17) is 17.3 Å². The second kappa shape index (κ2) is 5.19. The third-order valence-corrected chi connectivity index (χ3v) is 3.20. The van der Waals surface area contributed by atoms with E-state index in [0.717, 1.165) is 0 Å². The Hall–Kier alpha value is -1.00. The van der Waals surface area contributed by atoms with E-state index in [9.17, 15) is 4.79 Å². The number of carbonyl (C=O) groups excluding carboxylic acids is 1. The summed E-state index contributed by atoms with van der Waals surface area (Å²) < 4.78 is 4.98. The van der Waals surface area contributed by atoms with E-state index >= 15 is 0 Å². The van der Waals surface area contributed by atoms with Crippen LogP contribution in [0.4, 0.5) is 5.69 Å². The number of halogens is 2. The van der Waals surface area contributed by atoms with Crippen LogP contribution in [0, 0.1) is 15.4 Å². The lowest BCUT2D eigenvalue weighted by Gasteiger charge is -2.01. The molecule has 1 aromatic rings. The lowest BCUT2D eigenvalue weighted by Crippen LogP contribution is -1.98. The first-order valence-electron chi connectivity index (χ1n) is 3.75. The SMILES string of the molecule is COC(=O)C#Cc1cnc(Cl)c(I)c1N. The van der Waals surface area contributed by atoms with Crippen LogP contribution in [0.5, 0.6) is 0 Å². The summed E-state index contributed by atoms with van der Waals surface area (Å²) in [6, 6.07) is 0. The molecule has 2 N–H and O–H groups in total. The molecular formula is C9H6ClIN2O2. The van der Waals surface area contributed by atoms with Crippen LogP contribution in [0.1, 0.15) is 5.56 Å². The summed E-state index contributed by atoms with van der Waals surface area (Å²) in [5.41, 5.74) is 6.59. The van der Waals surface area contributed by atoms with Crippen LogP contribution < -0.4 is 5.73 Å². The molecule has 0 fully saturated rings. The van der Waals surface area contributed by atoms with E-state index in [1.54, 1.807) is 0 Å². The van der Waals surface area contributed by atoms with Gasteiger partial charge in [-0.05, 0) is 22.6 Å². The molecular weight excluding hydrogens is 330 g/mol. The van der Waals surface area contributed by atoms with Crippen molar-refractivity contribution in [3.63, 3.8) is 0 Å². The van der Waals surface area contributed by atoms with E-state index in [-0.39, 0.29) is 0 Å². The smallest absolute Gasteiger partial charge is 0.384 e. The number of hydrogen-bond donors (Lipinski definition) is 1. The van der Waals surface area contributed by atoms with Gasteiger partial charge in [-0.25, -0.2) is 9.78 Å². The number of esters is 1. The first-order chi connectivity index (χ1) is 7.06. The Labute approximate surface area is 105 Å². The van der Waals surface area contributed by atoms with Crippen LogP contribution in [0.2, 0.25) is 5.15 Å². The van der Waals surface area contributed by atoms with E-state index in [2.05, 4.69) is 21.6 Å². The highest BCUT2D eigenvalue weighted by Crippen LogP contribution is 2.24. The Morgan fingerprint density at radius 3 is 3.00 bits per heavy atom. The number of ether oxygens (including phenoxy) is 1. The van der Waals surface area contributed by atoms with Gasteiger partial charge in [0, 0.05) is 12.1 Å². The Kier molecular flexibility index (Phi) is 4.17. The Morgan fingerprint density at radius 1 is 1.73 bits per heavy atom. The molecule has 0 aliphatic heterocycles. The second-order valence-electron chi connectivity index (χ2n) is 2.43. The summed E-state index contributed by atoms with van der Waals surface area (Å²) in [5.74, 6) is 4.19. The molecule has 0 aromatic carbocycles. The quantitative estimate of drug-likeness (QED) is 0.337. The fourth-order valence-electron chi connectivity index (χ4n) is 0.746. The minimum atomic E-state index is -0.626. The lowest BCUT2D eigenvalue weighted by molar-refractivity contribution is -0.133. The van der Waals surface area contributed by atoms with Crippen LogP contribution in [0.3, 0.4) is 0 Å². The zero-order valence-electron chi connectivity index (χ0n) is 7.67. The number of carbonyl (C=O) groups is 1. The number of nitrogens with zero attached hydrogens (tertiary/aromatic N) is 1. The summed E-state index contributed by atoms with van der Waals surface area (Å²) in [5, 5.41) is 0.316. The zero-order valence-corrected chi connectivity index (χ0v) is 10.6. The number of hydrogen-bond acceptors (Lipinski definition) is 4. The average molecular weight is 337 g/mol. The number of anilines is 1. The molecule has 78 valence electrons. The van der Waals surface area contributed by atoms with Crippen molar-refractivity contribution in [3.05, 3.63) is 20.5 Å². The zero-order chi connectivity index (χ0) is 11.4. The average Bonchev–Trinajstić information content (AvgIpc) is 2.24. The number of rotatable bonds is 0. The molecule has 15 heavy (non-hydrogen) atoms. The summed E-state index contributed by atoms with van der Waals surface area (Å²) in [6.07, 6.45) is 1.41. The molecule has 0 atom stereocenters. The molecule has 1 rings (SSSR count). The van der Waals surface area contributed by atoms with Crippen LogP contribution in [0.25, 0.3) is 0 Å². The lowest BCUT2D eigenvalue weighted by atomic mass is 10.2. The van der Waals surface area contributed by atoms with Gasteiger partial charge in [0.15, 0.2) is 0 Å². The molecule has 0 radical (unpaired) electrons. The van der Waals surface area contributed by atoms with Gasteiger partial charge in [0.05, 0.1) is 21.9 Å². The molecule has 0 amide bonds. The largest absolute Gasteiger partial charge is 0.459 e. The first-order valence-corrected chi connectivity index (χ1v) is 5.21. The van der Waals surface area contributed by atoms with Gasteiger partial charge in [-0.3, -0.25) is 0 Å². The maximum absolute atomic E-state index is 10.8. The number of aromatic nitrogens is 1. The van der Waals surface area contributed by atoms with E-state index < -0.39 is 5.97 Å². The van der Waals surface area contributed by atoms with Crippen molar-refractivity contribution in [2.45, 2.75) is 0 Å². The maximum atomic E-state index is 10.8. The van der Waals surface area contributed by atoms with Gasteiger partial charge >= 0.3 is 5.97 Å². The molecule has 0 unspecified atom stereocenters. The molecule has 0 saturated heterocycles. The second-order valence-corrected chi connectivity index (χ2v) is 3.87. The fourth-order valence-corrected chi connectivity index (χ4v) is 1.33. The molecule has 0 spiro atoms. The highest BCUT2D eigenvalue weighted by atomic mass is 127. The molecule has 4 nitrogen and oxygen atoms in total. The van der Waals surface area contributed by atoms with Crippen LogP contribution in [-0.2, 0) is 9.53 Å². The van der Waals surface area contributed by atoms with Gasteiger partial charge in [0.1, 0.15) is 5.15 Å². The van der Waals surface area contributed by atoms with Gasteiger partial charge in [0.2, 0.25) is 0 Å². The highest BCUT2D eigenvalue weighted by Gasteiger charge is 2.06. The van der Waals surface area contributed by atoms with Crippen LogP contribution >= 0.6 is 34.2 Å². The number of nitrogens with two attached hydrogens (primary N) is 1. The normalized spacial score (nSPS) is 9.00. The van der Waals surface area contributed by atoms with E-state index in [1.807, 2.05) is 22.6 Å². The molecule has 0 aliphatic carbocycles. The summed E-state index contributed by atoms with van der Waals surface area (Å²) in [4.78, 5) is 14.6. The van der Waals surface area contributed by atoms with Crippen LogP contribution in [-0.4, -0.2) is 18.1 Å². The number of pyridine rings is 1. The van der Waals surface area contributed by atoms with Gasteiger partial charge in [-0.2, -0.15) is 0 Å². The van der Waals surface area contributed by atoms with Crippen molar-refractivity contribution in [1.82, 2.24) is 4.98 Å². The van der Waals surface area contributed by atoms with Crippen molar-refractivity contribution in [1.29, 1.82) is 0 Å². The predicted molar refractivity (Wildman–Crippen MR) is 65.3 cm³/mol. The Morgan fingerprint density at radius 2 is 2.40 bits per heavy atom. The summed E-state index contributed by atoms with van der Waals surface area (Å²) >= 11 is 7.69. The van der Waals surface area contributed by atoms with Gasteiger partial charge in [-0.15, -0.1) is 0 Å². The van der Waals surface area contributed by atoms with Crippen molar-refractivity contribution in [2.75, 3.05) is 12.8 Å². The summed E-state index contributed by atoms with van der Waals surface area (Å²) in [7, 11) is 1.25. The third kappa shape index (κ3) is 2.97. The predicted octanol–water partition coefficient (Wildman–Crippen LogP) is 1.45. The summed E-state index contributed by atoms with van der Waals surface area (Å²) in [6.45, 7) is 0. The van der Waals surface area contributed by atoms with Crippen LogP contribution in [0.15, 0.2) is 6.20 Å². The molecule has 0 bridgehead atoms. The number of nitrogen functional groups attached to an aromatic ring is 1. The van der Waals surface area contributed by atoms with E-state index in [1.165, 1.54) is 13.3 Å². The monoisotopic (exact) mass is 336 g/mol. The topological polar surface area (TPSA) is 65.2 Å².